The summed E-state index contributed by atoms with van der Waals surface area (Å²) in [5.74, 6) is 0.315. The van der Waals surface area contributed by atoms with Gasteiger partial charge in [-0.1, -0.05) is 6.92 Å². The van der Waals surface area contributed by atoms with E-state index in [1.165, 1.54) is 0 Å². The fourth-order valence-corrected chi connectivity index (χ4v) is 2.51. The van der Waals surface area contributed by atoms with Gasteiger partial charge in [0.05, 0.1) is 11.6 Å². The Morgan fingerprint density at radius 3 is 2.94 bits per heavy atom. The molecule has 0 aromatic carbocycles. The van der Waals surface area contributed by atoms with Gasteiger partial charge in [-0.05, 0) is 5.92 Å². The summed E-state index contributed by atoms with van der Waals surface area (Å²) in [6.45, 7) is 4.38. The summed E-state index contributed by atoms with van der Waals surface area (Å²) in [5.41, 5.74) is 2.36. The molecule has 2 aromatic rings. The molecule has 3 rings (SSSR count). The van der Waals surface area contributed by atoms with E-state index in [9.17, 15) is 9.90 Å². The highest BCUT2D eigenvalue weighted by atomic mass is 16.3. The van der Waals surface area contributed by atoms with Crippen LogP contribution >= 0.6 is 0 Å². The normalized spacial score (nSPS) is 26.0. The van der Waals surface area contributed by atoms with Crippen LogP contribution in [0.15, 0.2) is 11.0 Å². The van der Waals surface area contributed by atoms with Crippen LogP contribution in [0, 0.1) is 5.92 Å². The standard InChI is InChI=1S/C11H16N4O2/c1-6-3-15(5-8(6)16)4-7-2-12-10-9(7)13-14-11(10)17/h2,6,8,12,16H,3-5H2,1H3,(H2,13,14,17). The van der Waals surface area contributed by atoms with Gasteiger partial charge in [0.15, 0.2) is 0 Å². The average molecular weight is 236 g/mol. The van der Waals surface area contributed by atoms with E-state index in [0.29, 0.717) is 18.0 Å². The molecule has 2 unspecified atom stereocenters. The van der Waals surface area contributed by atoms with Crippen molar-refractivity contribution in [2.24, 2.45) is 5.92 Å². The molecular formula is C11H16N4O2. The fraction of sp³-hybridized carbons (Fsp3) is 0.545. The van der Waals surface area contributed by atoms with Crippen molar-refractivity contribution in [1.82, 2.24) is 20.1 Å². The Morgan fingerprint density at radius 1 is 1.41 bits per heavy atom. The van der Waals surface area contributed by atoms with Gasteiger partial charge in [-0.25, -0.2) is 0 Å². The van der Waals surface area contributed by atoms with Gasteiger partial charge in [-0.2, -0.15) is 0 Å². The molecule has 2 aromatic heterocycles. The Balaban J connectivity index is 1.84. The van der Waals surface area contributed by atoms with Crippen LogP contribution in [0.5, 0.6) is 0 Å². The lowest BCUT2D eigenvalue weighted by atomic mass is 10.1. The van der Waals surface area contributed by atoms with Crippen LogP contribution in [-0.4, -0.2) is 44.4 Å². The number of nitrogens with zero attached hydrogens (tertiary/aromatic N) is 1. The van der Waals surface area contributed by atoms with E-state index in [2.05, 4.69) is 27.0 Å². The molecule has 2 atom stereocenters. The van der Waals surface area contributed by atoms with Crippen molar-refractivity contribution in [1.29, 1.82) is 0 Å². The summed E-state index contributed by atoms with van der Waals surface area (Å²) in [5, 5.41) is 15.1. The van der Waals surface area contributed by atoms with Crippen LogP contribution in [0.4, 0.5) is 0 Å². The van der Waals surface area contributed by atoms with E-state index >= 15 is 0 Å². The third kappa shape index (κ3) is 1.69. The lowest BCUT2D eigenvalue weighted by Crippen LogP contribution is -2.21. The molecule has 0 saturated carbocycles. The number of β-amino-alcohol motifs (C(OH)–C–C–N with tert-alkyl or cyclic N) is 1. The van der Waals surface area contributed by atoms with Gasteiger partial charge in [-0.3, -0.25) is 19.9 Å². The van der Waals surface area contributed by atoms with Crippen molar-refractivity contribution in [3.05, 3.63) is 22.1 Å². The van der Waals surface area contributed by atoms with E-state index in [4.69, 9.17) is 0 Å². The van der Waals surface area contributed by atoms with Crippen LogP contribution < -0.4 is 5.56 Å². The Hall–Kier alpha value is -1.53. The largest absolute Gasteiger partial charge is 0.391 e. The zero-order valence-electron chi connectivity index (χ0n) is 9.66. The molecule has 1 aliphatic heterocycles. The molecule has 6 heteroatoms. The average Bonchev–Trinajstić information content (AvgIpc) is 2.91. The number of hydrogen-bond donors (Lipinski definition) is 4. The van der Waals surface area contributed by atoms with Gasteiger partial charge in [0.2, 0.25) is 0 Å². The maximum Gasteiger partial charge on any atom is 0.288 e. The fourth-order valence-electron chi connectivity index (χ4n) is 2.51. The molecule has 92 valence electrons. The molecule has 1 aliphatic rings. The van der Waals surface area contributed by atoms with Crippen LogP contribution in [0.3, 0.4) is 0 Å². The van der Waals surface area contributed by atoms with Gasteiger partial charge < -0.3 is 10.1 Å². The van der Waals surface area contributed by atoms with Crippen LogP contribution in [0.1, 0.15) is 12.5 Å². The Morgan fingerprint density at radius 2 is 2.24 bits per heavy atom. The van der Waals surface area contributed by atoms with Crippen molar-refractivity contribution in [3.8, 4) is 0 Å². The first-order valence-electron chi connectivity index (χ1n) is 5.82. The van der Waals surface area contributed by atoms with Crippen molar-refractivity contribution >= 4 is 11.0 Å². The topological polar surface area (TPSA) is 87.9 Å². The minimum absolute atomic E-state index is 0.124. The van der Waals surface area contributed by atoms with E-state index in [0.717, 1.165) is 24.2 Å². The van der Waals surface area contributed by atoms with Crippen LogP contribution in [-0.2, 0) is 6.54 Å². The molecule has 0 bridgehead atoms. The van der Waals surface area contributed by atoms with Crippen LogP contribution in [0.2, 0.25) is 0 Å². The molecule has 0 aliphatic carbocycles. The zero-order valence-corrected chi connectivity index (χ0v) is 9.66. The number of nitrogens with one attached hydrogen (secondary N) is 3. The first kappa shape index (κ1) is 10.6. The Kier molecular flexibility index (Phi) is 2.34. The van der Waals surface area contributed by atoms with Gasteiger partial charge in [-0.15, -0.1) is 0 Å². The first-order valence-corrected chi connectivity index (χ1v) is 5.82. The smallest absolute Gasteiger partial charge is 0.288 e. The second kappa shape index (κ2) is 3.75. The summed E-state index contributed by atoms with van der Waals surface area (Å²) in [6, 6.07) is 0. The maximum absolute atomic E-state index is 11.4. The number of aliphatic hydroxyl groups is 1. The van der Waals surface area contributed by atoms with E-state index < -0.39 is 0 Å². The first-order chi connectivity index (χ1) is 8.15. The number of aliphatic hydroxyl groups excluding tert-OH is 1. The molecule has 3 heterocycles. The molecule has 0 amide bonds. The summed E-state index contributed by atoms with van der Waals surface area (Å²) in [4.78, 5) is 16.5. The van der Waals surface area contributed by atoms with Gasteiger partial charge in [0.1, 0.15) is 5.52 Å². The van der Waals surface area contributed by atoms with Gasteiger partial charge >= 0.3 is 0 Å². The van der Waals surface area contributed by atoms with Crippen molar-refractivity contribution in [3.63, 3.8) is 0 Å². The molecule has 0 spiro atoms. The highest BCUT2D eigenvalue weighted by Crippen LogP contribution is 2.21. The predicted molar refractivity (Wildman–Crippen MR) is 63.7 cm³/mol. The highest BCUT2D eigenvalue weighted by Gasteiger charge is 2.28. The Bertz CT molecular complexity index is 572. The molecule has 0 radical (unpaired) electrons. The summed E-state index contributed by atoms with van der Waals surface area (Å²) >= 11 is 0. The van der Waals surface area contributed by atoms with Gasteiger partial charge in [0, 0.05) is 31.4 Å². The summed E-state index contributed by atoms with van der Waals surface area (Å²) in [7, 11) is 0. The molecular weight excluding hydrogens is 220 g/mol. The molecule has 1 fully saturated rings. The third-order valence-corrected chi connectivity index (χ3v) is 3.53. The number of hydrogen-bond acceptors (Lipinski definition) is 3. The number of rotatable bonds is 2. The lowest BCUT2D eigenvalue weighted by Gasteiger charge is -2.13. The number of aromatic nitrogens is 3. The second-order valence-electron chi connectivity index (χ2n) is 4.88. The SMILES string of the molecule is CC1CN(Cc2c[nH]c3c(=O)[nH][nH]c23)CC1O. The highest BCUT2D eigenvalue weighted by molar-refractivity contribution is 5.77. The van der Waals surface area contributed by atoms with E-state index in [1.54, 1.807) is 0 Å². The second-order valence-corrected chi connectivity index (χ2v) is 4.88. The molecule has 17 heavy (non-hydrogen) atoms. The Labute approximate surface area is 97.6 Å². The predicted octanol–water partition coefficient (Wildman–Crippen LogP) is -0.00310. The minimum Gasteiger partial charge on any atom is -0.391 e. The summed E-state index contributed by atoms with van der Waals surface area (Å²) in [6.07, 6.45) is 1.61. The third-order valence-electron chi connectivity index (χ3n) is 3.53. The number of likely N-dealkylation sites (tertiary alicyclic amines) is 1. The minimum atomic E-state index is -0.241. The van der Waals surface area contributed by atoms with E-state index in [-0.39, 0.29) is 11.7 Å². The number of H-pyrrole nitrogens is 3. The zero-order chi connectivity index (χ0) is 12.0. The number of aromatic amines is 3. The maximum atomic E-state index is 11.4. The lowest BCUT2D eigenvalue weighted by molar-refractivity contribution is 0.147. The quantitative estimate of drug-likeness (QED) is 0.591. The van der Waals surface area contributed by atoms with Gasteiger partial charge in [0.25, 0.3) is 5.56 Å². The van der Waals surface area contributed by atoms with Crippen molar-refractivity contribution in [2.75, 3.05) is 13.1 Å². The molecule has 4 N–H and O–H groups in total. The molecule has 6 nitrogen and oxygen atoms in total. The van der Waals surface area contributed by atoms with Crippen molar-refractivity contribution in [2.45, 2.75) is 19.6 Å². The summed E-state index contributed by atoms with van der Waals surface area (Å²) < 4.78 is 0. The van der Waals surface area contributed by atoms with E-state index in [1.807, 2.05) is 6.20 Å². The molecule has 1 saturated heterocycles. The monoisotopic (exact) mass is 236 g/mol. The number of fused-ring (bicyclic) bond motifs is 1. The van der Waals surface area contributed by atoms with Crippen LogP contribution in [0.25, 0.3) is 11.0 Å². The van der Waals surface area contributed by atoms with Crippen molar-refractivity contribution < 1.29 is 5.11 Å².